The van der Waals surface area contributed by atoms with Crippen molar-refractivity contribution in [2.24, 2.45) is 0 Å². The Kier molecular flexibility index (Phi) is 4.38. The van der Waals surface area contributed by atoms with Crippen molar-refractivity contribution < 1.29 is 4.74 Å². The van der Waals surface area contributed by atoms with Crippen molar-refractivity contribution in [2.45, 2.75) is 45.2 Å². The molecule has 0 spiro atoms. The topological polar surface area (TPSA) is 21.3 Å². The predicted octanol–water partition coefficient (Wildman–Crippen LogP) is 2.76. The molecular weight excluding hydrogens is 218 g/mol. The molecule has 1 aliphatic heterocycles. The molecule has 2 atom stereocenters. The summed E-state index contributed by atoms with van der Waals surface area (Å²) in [6.07, 6.45) is 3.59. The van der Waals surface area contributed by atoms with Crippen molar-refractivity contribution in [1.82, 2.24) is 5.32 Å². The summed E-state index contributed by atoms with van der Waals surface area (Å²) in [5.41, 5.74) is 0. The Balaban J connectivity index is 1.77. The van der Waals surface area contributed by atoms with E-state index in [0.29, 0.717) is 12.1 Å². The molecule has 90 valence electrons. The molecule has 0 aliphatic carbocycles. The molecule has 1 N–H and O–H groups in total. The standard InChI is InChI=1S/C13H21NOS/c1-10(8-13-6-5-11(2)16-13)14-12-4-3-7-15-9-12/h5-6,10,12,14H,3-4,7-9H2,1-2H3. The van der Waals surface area contributed by atoms with Gasteiger partial charge in [0.2, 0.25) is 0 Å². The molecule has 0 saturated carbocycles. The summed E-state index contributed by atoms with van der Waals surface area (Å²) in [4.78, 5) is 2.89. The van der Waals surface area contributed by atoms with E-state index in [2.05, 4.69) is 31.3 Å². The maximum absolute atomic E-state index is 5.48. The van der Waals surface area contributed by atoms with Crippen LogP contribution in [0.5, 0.6) is 0 Å². The lowest BCUT2D eigenvalue weighted by Gasteiger charge is -2.26. The summed E-state index contributed by atoms with van der Waals surface area (Å²) < 4.78 is 5.48. The van der Waals surface area contributed by atoms with Gasteiger partial charge in [0.05, 0.1) is 6.61 Å². The Morgan fingerprint density at radius 3 is 3.06 bits per heavy atom. The Labute approximate surface area is 102 Å². The van der Waals surface area contributed by atoms with Crippen LogP contribution in [0.15, 0.2) is 12.1 Å². The molecule has 16 heavy (non-hydrogen) atoms. The van der Waals surface area contributed by atoms with E-state index >= 15 is 0 Å². The first-order chi connectivity index (χ1) is 7.74. The van der Waals surface area contributed by atoms with Gasteiger partial charge in [0.1, 0.15) is 0 Å². The largest absolute Gasteiger partial charge is 0.380 e. The highest BCUT2D eigenvalue weighted by Crippen LogP contribution is 2.17. The molecule has 2 rings (SSSR count). The highest BCUT2D eigenvalue weighted by molar-refractivity contribution is 7.11. The quantitative estimate of drug-likeness (QED) is 0.872. The third kappa shape index (κ3) is 3.58. The van der Waals surface area contributed by atoms with Crippen LogP contribution in [0.4, 0.5) is 0 Å². The summed E-state index contributed by atoms with van der Waals surface area (Å²) in [5, 5.41) is 3.66. The van der Waals surface area contributed by atoms with Crippen LogP contribution in [0.2, 0.25) is 0 Å². The van der Waals surface area contributed by atoms with Crippen LogP contribution in [0.3, 0.4) is 0 Å². The summed E-state index contributed by atoms with van der Waals surface area (Å²) in [6, 6.07) is 5.56. The third-order valence-corrected chi connectivity index (χ3v) is 4.01. The second-order valence-electron chi connectivity index (χ2n) is 4.70. The summed E-state index contributed by atoms with van der Waals surface area (Å²) in [5.74, 6) is 0. The number of hydrogen-bond donors (Lipinski definition) is 1. The van der Waals surface area contributed by atoms with Gasteiger partial charge in [0.25, 0.3) is 0 Å². The third-order valence-electron chi connectivity index (χ3n) is 2.98. The van der Waals surface area contributed by atoms with Crippen LogP contribution in [-0.2, 0) is 11.2 Å². The summed E-state index contributed by atoms with van der Waals surface area (Å²) in [7, 11) is 0. The van der Waals surface area contributed by atoms with Crippen LogP contribution < -0.4 is 5.32 Å². The first-order valence-corrected chi connectivity index (χ1v) is 6.95. The Bertz CT molecular complexity index is 317. The summed E-state index contributed by atoms with van der Waals surface area (Å²) >= 11 is 1.91. The minimum Gasteiger partial charge on any atom is -0.380 e. The number of thiophene rings is 1. The molecule has 2 nitrogen and oxygen atoms in total. The zero-order valence-electron chi connectivity index (χ0n) is 10.2. The Hall–Kier alpha value is -0.380. The zero-order chi connectivity index (χ0) is 11.4. The molecule has 0 aromatic carbocycles. The SMILES string of the molecule is Cc1ccc(CC(C)NC2CCCOC2)s1. The molecule has 0 radical (unpaired) electrons. The van der Waals surface area contributed by atoms with Crippen molar-refractivity contribution in [3.8, 4) is 0 Å². The van der Waals surface area contributed by atoms with Crippen molar-refractivity contribution in [2.75, 3.05) is 13.2 Å². The predicted molar refractivity (Wildman–Crippen MR) is 69.2 cm³/mol. The van der Waals surface area contributed by atoms with Gasteiger partial charge in [-0.1, -0.05) is 0 Å². The van der Waals surface area contributed by atoms with Gasteiger partial charge in [-0.3, -0.25) is 0 Å². The van der Waals surface area contributed by atoms with E-state index < -0.39 is 0 Å². The van der Waals surface area contributed by atoms with Crippen LogP contribution >= 0.6 is 11.3 Å². The van der Waals surface area contributed by atoms with E-state index in [1.807, 2.05) is 11.3 Å². The van der Waals surface area contributed by atoms with Gasteiger partial charge in [-0.05, 0) is 45.2 Å². The molecular formula is C13H21NOS. The van der Waals surface area contributed by atoms with Gasteiger partial charge < -0.3 is 10.1 Å². The first kappa shape index (κ1) is 12.1. The van der Waals surface area contributed by atoms with Gasteiger partial charge in [-0.2, -0.15) is 0 Å². The van der Waals surface area contributed by atoms with E-state index in [1.165, 1.54) is 22.6 Å². The maximum atomic E-state index is 5.48. The van der Waals surface area contributed by atoms with Crippen LogP contribution in [-0.4, -0.2) is 25.3 Å². The number of rotatable bonds is 4. The van der Waals surface area contributed by atoms with Crippen molar-refractivity contribution >= 4 is 11.3 Å². The highest BCUT2D eigenvalue weighted by Gasteiger charge is 2.16. The normalized spacial score (nSPS) is 23.2. The van der Waals surface area contributed by atoms with E-state index in [0.717, 1.165) is 19.6 Å². The molecule has 1 fully saturated rings. The molecule has 1 saturated heterocycles. The van der Waals surface area contributed by atoms with E-state index in [9.17, 15) is 0 Å². The second kappa shape index (κ2) is 5.80. The fraction of sp³-hybridized carbons (Fsp3) is 0.692. The van der Waals surface area contributed by atoms with Crippen molar-refractivity contribution in [1.29, 1.82) is 0 Å². The smallest absolute Gasteiger partial charge is 0.0619 e. The second-order valence-corrected chi connectivity index (χ2v) is 6.07. The number of nitrogens with one attached hydrogen (secondary N) is 1. The van der Waals surface area contributed by atoms with Gasteiger partial charge in [0, 0.05) is 28.4 Å². The number of ether oxygens (including phenoxy) is 1. The lowest BCUT2D eigenvalue weighted by molar-refractivity contribution is 0.0671. The minimum atomic E-state index is 0.546. The van der Waals surface area contributed by atoms with Crippen molar-refractivity contribution in [3.63, 3.8) is 0 Å². The van der Waals surface area contributed by atoms with Crippen molar-refractivity contribution in [3.05, 3.63) is 21.9 Å². The van der Waals surface area contributed by atoms with Gasteiger partial charge in [-0.15, -0.1) is 11.3 Å². The van der Waals surface area contributed by atoms with Crippen LogP contribution in [0.1, 0.15) is 29.5 Å². The average molecular weight is 239 g/mol. The fourth-order valence-corrected chi connectivity index (χ4v) is 3.25. The minimum absolute atomic E-state index is 0.546. The van der Waals surface area contributed by atoms with Gasteiger partial charge in [-0.25, -0.2) is 0 Å². The molecule has 1 aromatic heterocycles. The van der Waals surface area contributed by atoms with Gasteiger partial charge >= 0.3 is 0 Å². The van der Waals surface area contributed by atoms with Crippen LogP contribution in [0, 0.1) is 6.92 Å². The number of aryl methyl sites for hydroxylation is 1. The molecule has 1 aromatic rings. The Morgan fingerprint density at radius 1 is 1.56 bits per heavy atom. The lowest BCUT2D eigenvalue weighted by atomic mass is 10.1. The Morgan fingerprint density at radius 2 is 2.44 bits per heavy atom. The molecule has 1 aliphatic rings. The molecule has 2 unspecified atom stereocenters. The zero-order valence-corrected chi connectivity index (χ0v) is 11.0. The first-order valence-electron chi connectivity index (χ1n) is 6.13. The molecule has 0 bridgehead atoms. The van der Waals surface area contributed by atoms with Crippen LogP contribution in [0.25, 0.3) is 0 Å². The maximum Gasteiger partial charge on any atom is 0.0619 e. The average Bonchev–Trinajstić information content (AvgIpc) is 2.65. The lowest BCUT2D eigenvalue weighted by Crippen LogP contribution is -2.42. The monoisotopic (exact) mass is 239 g/mol. The molecule has 2 heterocycles. The summed E-state index contributed by atoms with van der Waals surface area (Å²) in [6.45, 7) is 6.26. The highest BCUT2D eigenvalue weighted by atomic mass is 32.1. The van der Waals surface area contributed by atoms with E-state index in [4.69, 9.17) is 4.74 Å². The fourth-order valence-electron chi connectivity index (χ4n) is 2.23. The molecule has 3 heteroatoms. The number of hydrogen-bond acceptors (Lipinski definition) is 3. The van der Waals surface area contributed by atoms with E-state index in [1.54, 1.807) is 0 Å². The van der Waals surface area contributed by atoms with E-state index in [-0.39, 0.29) is 0 Å². The molecule has 0 amide bonds. The van der Waals surface area contributed by atoms with Gasteiger partial charge in [0.15, 0.2) is 0 Å².